The molecule has 3 fully saturated rings. The van der Waals surface area contributed by atoms with Crippen LogP contribution in [0.1, 0.15) is 34.6 Å². The van der Waals surface area contributed by atoms with Crippen LogP contribution in [0.3, 0.4) is 0 Å². The van der Waals surface area contributed by atoms with Gasteiger partial charge < -0.3 is 23.7 Å². The summed E-state index contributed by atoms with van der Waals surface area (Å²) in [5.74, 6) is -1.31. The highest BCUT2D eigenvalue weighted by atomic mass is 16.9. The first kappa shape index (κ1) is 13.5. The molecule has 0 radical (unpaired) electrons. The number of hydrogen-bond donors (Lipinski definition) is 0. The second kappa shape index (κ2) is 4.02. The minimum Gasteiger partial charge on any atom is -0.342 e. The number of ether oxygens (including phenoxy) is 5. The molecule has 5 heteroatoms. The van der Waals surface area contributed by atoms with Gasteiger partial charge in [-0.2, -0.15) is 0 Å². The second-order valence-electron chi connectivity index (χ2n) is 6.44. The van der Waals surface area contributed by atoms with Gasteiger partial charge in [-0.25, -0.2) is 0 Å². The van der Waals surface area contributed by atoms with Gasteiger partial charge in [0.2, 0.25) is 0 Å². The largest absolute Gasteiger partial charge is 0.342 e. The smallest absolute Gasteiger partial charge is 0.190 e. The van der Waals surface area contributed by atoms with E-state index in [1.54, 1.807) is 0 Å². The fourth-order valence-corrected chi connectivity index (χ4v) is 3.01. The molecule has 19 heavy (non-hydrogen) atoms. The highest BCUT2D eigenvalue weighted by Crippen LogP contribution is 2.45. The van der Waals surface area contributed by atoms with E-state index in [0.717, 1.165) is 5.57 Å². The molecule has 0 aromatic carbocycles. The van der Waals surface area contributed by atoms with Crippen LogP contribution < -0.4 is 0 Å². The van der Waals surface area contributed by atoms with E-state index < -0.39 is 17.9 Å². The van der Waals surface area contributed by atoms with E-state index in [9.17, 15) is 0 Å². The lowest BCUT2D eigenvalue weighted by molar-refractivity contribution is -0.224. The quantitative estimate of drug-likeness (QED) is 0.682. The Kier molecular flexibility index (Phi) is 2.86. The van der Waals surface area contributed by atoms with Crippen molar-refractivity contribution in [2.45, 2.75) is 76.9 Å². The first-order valence-electron chi connectivity index (χ1n) is 6.71. The summed E-state index contributed by atoms with van der Waals surface area (Å²) in [4.78, 5) is 0. The van der Waals surface area contributed by atoms with Crippen LogP contribution in [-0.4, -0.2) is 42.3 Å². The first-order chi connectivity index (χ1) is 8.69. The van der Waals surface area contributed by atoms with Crippen LogP contribution in [0.25, 0.3) is 0 Å². The Balaban J connectivity index is 1.91. The van der Waals surface area contributed by atoms with Crippen molar-refractivity contribution in [3.8, 4) is 0 Å². The third-order valence-electron chi connectivity index (χ3n) is 3.64. The topological polar surface area (TPSA) is 46.2 Å². The van der Waals surface area contributed by atoms with Crippen molar-refractivity contribution in [3.63, 3.8) is 0 Å². The fraction of sp³-hybridized carbons (Fsp3) is 0.857. The lowest BCUT2D eigenvalue weighted by Gasteiger charge is -2.37. The van der Waals surface area contributed by atoms with Crippen molar-refractivity contribution in [1.29, 1.82) is 0 Å². The van der Waals surface area contributed by atoms with Gasteiger partial charge in [-0.3, -0.25) is 0 Å². The molecule has 5 atom stereocenters. The average molecular weight is 270 g/mol. The standard InChI is InChI=1S/C14H22O5/c1-7(2)8-9-10(17-13(3,4)16-9)11-12(15-8)19-14(5,6)18-11/h8-12H,1H2,2-6H3/t8-,9+,10?,11-,12?/m0/s1. The third kappa shape index (κ3) is 2.23. The lowest BCUT2D eigenvalue weighted by Crippen LogP contribution is -2.55. The van der Waals surface area contributed by atoms with Crippen LogP contribution >= 0.6 is 0 Å². The zero-order valence-corrected chi connectivity index (χ0v) is 12.1. The third-order valence-corrected chi connectivity index (χ3v) is 3.64. The van der Waals surface area contributed by atoms with Gasteiger partial charge in [0.1, 0.15) is 24.4 Å². The molecule has 0 saturated carbocycles. The molecule has 0 spiro atoms. The fourth-order valence-electron chi connectivity index (χ4n) is 3.01. The van der Waals surface area contributed by atoms with Crippen molar-refractivity contribution in [3.05, 3.63) is 12.2 Å². The maximum Gasteiger partial charge on any atom is 0.190 e. The van der Waals surface area contributed by atoms with Crippen molar-refractivity contribution >= 4 is 0 Å². The summed E-state index contributed by atoms with van der Waals surface area (Å²) < 4.78 is 29.6. The summed E-state index contributed by atoms with van der Waals surface area (Å²) in [7, 11) is 0. The number of rotatable bonds is 1. The highest BCUT2D eigenvalue weighted by molar-refractivity contribution is 5.11. The zero-order chi connectivity index (χ0) is 14.0. The summed E-state index contributed by atoms with van der Waals surface area (Å²) in [5.41, 5.74) is 0.906. The van der Waals surface area contributed by atoms with Gasteiger partial charge in [-0.15, -0.1) is 0 Å². The van der Waals surface area contributed by atoms with Crippen LogP contribution in [0, 0.1) is 0 Å². The molecule has 0 aromatic rings. The Morgan fingerprint density at radius 2 is 1.37 bits per heavy atom. The van der Waals surface area contributed by atoms with Crippen molar-refractivity contribution < 1.29 is 23.7 Å². The van der Waals surface area contributed by atoms with Gasteiger partial charge in [-0.1, -0.05) is 6.58 Å². The van der Waals surface area contributed by atoms with E-state index in [1.165, 1.54) is 0 Å². The van der Waals surface area contributed by atoms with Crippen molar-refractivity contribution in [2.75, 3.05) is 0 Å². The molecule has 0 amide bonds. The molecule has 0 bridgehead atoms. The summed E-state index contributed by atoms with van der Waals surface area (Å²) in [5, 5.41) is 0. The average Bonchev–Trinajstić information content (AvgIpc) is 2.70. The summed E-state index contributed by atoms with van der Waals surface area (Å²) in [6, 6.07) is 0. The Morgan fingerprint density at radius 1 is 0.842 bits per heavy atom. The normalized spacial score (nSPS) is 46.7. The molecule has 3 heterocycles. The summed E-state index contributed by atoms with van der Waals surface area (Å²) in [6.45, 7) is 13.5. The summed E-state index contributed by atoms with van der Waals surface area (Å²) >= 11 is 0. The molecular weight excluding hydrogens is 248 g/mol. The van der Waals surface area contributed by atoms with Crippen LogP contribution in [0.15, 0.2) is 12.2 Å². The Labute approximate surface area is 113 Å². The molecule has 0 aromatic heterocycles. The van der Waals surface area contributed by atoms with Crippen LogP contribution in [0.4, 0.5) is 0 Å². The molecule has 0 N–H and O–H groups in total. The molecule has 2 unspecified atom stereocenters. The Bertz CT molecular complexity index is 403. The van der Waals surface area contributed by atoms with Gasteiger partial charge in [-0.05, 0) is 40.2 Å². The molecule has 3 aliphatic rings. The van der Waals surface area contributed by atoms with E-state index in [1.807, 2.05) is 34.6 Å². The van der Waals surface area contributed by atoms with Crippen LogP contribution in [0.2, 0.25) is 0 Å². The van der Waals surface area contributed by atoms with E-state index in [2.05, 4.69) is 6.58 Å². The van der Waals surface area contributed by atoms with Crippen molar-refractivity contribution in [2.24, 2.45) is 0 Å². The number of hydrogen-bond acceptors (Lipinski definition) is 5. The van der Waals surface area contributed by atoms with E-state index >= 15 is 0 Å². The molecular formula is C14H22O5. The SMILES string of the molecule is C=C(C)[C@@H]1OC2OC(C)(C)O[C@H]2C2OC(C)(C)O[C@@H]21. The van der Waals surface area contributed by atoms with Gasteiger partial charge in [0.15, 0.2) is 17.9 Å². The van der Waals surface area contributed by atoms with Crippen LogP contribution in [-0.2, 0) is 23.7 Å². The lowest BCUT2D eigenvalue weighted by atomic mass is 9.95. The maximum atomic E-state index is 5.99. The highest BCUT2D eigenvalue weighted by Gasteiger charge is 2.60. The second-order valence-corrected chi connectivity index (χ2v) is 6.44. The predicted molar refractivity (Wildman–Crippen MR) is 67.3 cm³/mol. The van der Waals surface area contributed by atoms with Crippen LogP contribution in [0.5, 0.6) is 0 Å². The Morgan fingerprint density at radius 3 is 2.00 bits per heavy atom. The number of fused-ring (bicyclic) bond motifs is 3. The first-order valence-corrected chi connectivity index (χ1v) is 6.71. The van der Waals surface area contributed by atoms with Gasteiger partial charge >= 0.3 is 0 Å². The predicted octanol–water partition coefficient (Wildman–Crippen LogP) is 1.96. The monoisotopic (exact) mass is 270 g/mol. The van der Waals surface area contributed by atoms with E-state index in [-0.39, 0.29) is 24.4 Å². The van der Waals surface area contributed by atoms with E-state index in [4.69, 9.17) is 23.7 Å². The van der Waals surface area contributed by atoms with Gasteiger partial charge in [0.25, 0.3) is 0 Å². The maximum absolute atomic E-state index is 5.99. The molecule has 3 rings (SSSR count). The van der Waals surface area contributed by atoms with Crippen molar-refractivity contribution in [1.82, 2.24) is 0 Å². The minimum absolute atomic E-state index is 0.197. The molecule has 5 nitrogen and oxygen atoms in total. The molecule has 3 saturated heterocycles. The summed E-state index contributed by atoms with van der Waals surface area (Å²) in [6.07, 6.45) is -1.33. The minimum atomic E-state index is -0.667. The zero-order valence-electron chi connectivity index (χ0n) is 12.1. The molecule has 3 aliphatic heterocycles. The van der Waals surface area contributed by atoms with E-state index in [0.29, 0.717) is 0 Å². The van der Waals surface area contributed by atoms with Gasteiger partial charge in [0.05, 0.1) is 0 Å². The molecule has 108 valence electrons. The Hall–Kier alpha value is -0.460. The molecule has 0 aliphatic carbocycles. The van der Waals surface area contributed by atoms with Gasteiger partial charge in [0, 0.05) is 0 Å².